The first-order valence-corrected chi connectivity index (χ1v) is 9.04. The van der Waals surface area contributed by atoms with E-state index in [1.54, 1.807) is 0 Å². The predicted molar refractivity (Wildman–Crippen MR) is 99.1 cm³/mol. The van der Waals surface area contributed by atoms with Crippen LogP contribution in [0.3, 0.4) is 0 Å². The molecule has 2 aromatic carbocycles. The van der Waals surface area contributed by atoms with Crippen molar-refractivity contribution in [2.75, 3.05) is 12.3 Å². The fraction of sp³-hybridized carbons (Fsp3) is 0.300. The van der Waals surface area contributed by atoms with Crippen molar-refractivity contribution in [3.8, 4) is 6.07 Å². The molecule has 0 radical (unpaired) electrons. The monoisotopic (exact) mass is 338 g/mol. The number of thioether (sulfide) groups is 1. The zero-order valence-electron chi connectivity index (χ0n) is 14.0. The molecule has 1 N–H and O–H groups in total. The number of nitrogens with zero attached hydrogens (tertiary/aromatic N) is 1. The molecule has 24 heavy (non-hydrogen) atoms. The molecule has 0 unspecified atom stereocenters. The molecule has 1 atom stereocenters. The van der Waals surface area contributed by atoms with Crippen LogP contribution in [-0.2, 0) is 0 Å². The van der Waals surface area contributed by atoms with Crippen LogP contribution < -0.4 is 5.32 Å². The van der Waals surface area contributed by atoms with E-state index in [2.05, 4.69) is 37.4 Å². The Bertz CT molecular complexity index is 707. The second-order valence-electron chi connectivity index (χ2n) is 5.91. The molecule has 0 bridgehead atoms. The smallest absolute Gasteiger partial charge is 0.252 e. The number of carbonyl (C=O) groups is 1. The number of rotatable bonds is 7. The Morgan fingerprint density at radius 3 is 2.46 bits per heavy atom. The van der Waals surface area contributed by atoms with E-state index in [0.717, 1.165) is 4.90 Å². The lowest BCUT2D eigenvalue weighted by Crippen LogP contribution is -2.30. The molecule has 0 spiro atoms. The summed E-state index contributed by atoms with van der Waals surface area (Å²) in [6, 6.07) is 19.8. The van der Waals surface area contributed by atoms with Gasteiger partial charge in [-0.05, 0) is 23.6 Å². The molecule has 124 valence electrons. The van der Waals surface area contributed by atoms with Crippen molar-refractivity contribution in [3.63, 3.8) is 0 Å². The van der Waals surface area contributed by atoms with Crippen molar-refractivity contribution in [2.45, 2.75) is 24.7 Å². The highest BCUT2D eigenvalue weighted by Crippen LogP contribution is 2.25. The molecular formula is C20H22N2OS. The molecule has 0 heterocycles. The van der Waals surface area contributed by atoms with Crippen LogP contribution in [0, 0.1) is 17.2 Å². The first-order valence-electron chi connectivity index (χ1n) is 8.05. The Morgan fingerprint density at radius 1 is 1.12 bits per heavy atom. The minimum atomic E-state index is -0.0855. The van der Waals surface area contributed by atoms with E-state index in [4.69, 9.17) is 5.26 Å². The van der Waals surface area contributed by atoms with Gasteiger partial charge in [-0.1, -0.05) is 56.3 Å². The van der Waals surface area contributed by atoms with Gasteiger partial charge in [-0.3, -0.25) is 4.79 Å². The SMILES string of the molecule is CC(C)[C@H](CNC(=O)c1ccccc1SCC#N)c1ccccc1. The number of benzene rings is 2. The van der Waals surface area contributed by atoms with Crippen molar-refractivity contribution >= 4 is 17.7 Å². The lowest BCUT2D eigenvalue weighted by Gasteiger charge is -2.22. The van der Waals surface area contributed by atoms with Gasteiger partial charge in [0.25, 0.3) is 5.91 Å². The lowest BCUT2D eigenvalue weighted by atomic mass is 9.88. The molecule has 0 saturated heterocycles. The number of hydrogen-bond acceptors (Lipinski definition) is 3. The molecule has 0 aliphatic heterocycles. The third kappa shape index (κ3) is 4.87. The number of nitriles is 1. The Labute approximate surface area is 148 Å². The van der Waals surface area contributed by atoms with E-state index in [0.29, 0.717) is 23.8 Å². The molecule has 0 aliphatic carbocycles. The number of hydrogen-bond donors (Lipinski definition) is 1. The third-order valence-corrected chi connectivity index (χ3v) is 4.88. The van der Waals surface area contributed by atoms with E-state index in [9.17, 15) is 4.79 Å². The summed E-state index contributed by atoms with van der Waals surface area (Å²) < 4.78 is 0. The fourth-order valence-corrected chi connectivity index (χ4v) is 3.34. The summed E-state index contributed by atoms with van der Waals surface area (Å²) in [5.41, 5.74) is 1.87. The Hall–Kier alpha value is -2.25. The maximum absolute atomic E-state index is 12.6. The van der Waals surface area contributed by atoms with Gasteiger partial charge in [-0.25, -0.2) is 0 Å². The van der Waals surface area contributed by atoms with Gasteiger partial charge in [-0.2, -0.15) is 5.26 Å². The van der Waals surface area contributed by atoms with Crippen molar-refractivity contribution in [1.82, 2.24) is 5.32 Å². The highest BCUT2D eigenvalue weighted by atomic mass is 32.2. The van der Waals surface area contributed by atoms with E-state index >= 15 is 0 Å². The van der Waals surface area contributed by atoms with Crippen LogP contribution in [0.25, 0.3) is 0 Å². The van der Waals surface area contributed by atoms with Gasteiger partial charge in [0.05, 0.1) is 17.4 Å². The predicted octanol–water partition coefficient (Wildman–Crippen LogP) is 4.47. The van der Waals surface area contributed by atoms with Crippen molar-refractivity contribution in [2.24, 2.45) is 5.92 Å². The molecule has 0 saturated carbocycles. The van der Waals surface area contributed by atoms with Crippen LogP contribution >= 0.6 is 11.8 Å². The van der Waals surface area contributed by atoms with Crippen LogP contribution in [0.2, 0.25) is 0 Å². The average Bonchev–Trinajstić information content (AvgIpc) is 2.61. The highest BCUT2D eigenvalue weighted by molar-refractivity contribution is 7.99. The standard InChI is InChI=1S/C20H22N2OS/c1-15(2)18(16-8-4-3-5-9-16)14-22-20(23)17-10-6-7-11-19(17)24-13-12-21/h3-11,15,18H,13-14H2,1-2H3,(H,22,23)/t18-/m0/s1. The molecule has 0 aromatic heterocycles. The first kappa shape index (κ1) is 18.1. The summed E-state index contributed by atoms with van der Waals surface area (Å²) in [7, 11) is 0. The van der Waals surface area contributed by atoms with Gasteiger partial charge in [0, 0.05) is 17.4 Å². The fourth-order valence-electron chi connectivity index (χ4n) is 2.63. The molecule has 0 fully saturated rings. The highest BCUT2D eigenvalue weighted by Gasteiger charge is 2.18. The molecule has 2 aromatic rings. The van der Waals surface area contributed by atoms with Gasteiger partial charge < -0.3 is 5.32 Å². The minimum Gasteiger partial charge on any atom is -0.351 e. The second kappa shape index (κ2) is 9.14. The maximum Gasteiger partial charge on any atom is 0.252 e. The molecule has 3 nitrogen and oxygen atoms in total. The molecule has 0 aliphatic rings. The topological polar surface area (TPSA) is 52.9 Å². The summed E-state index contributed by atoms with van der Waals surface area (Å²) in [6.45, 7) is 4.93. The van der Waals surface area contributed by atoms with Crippen LogP contribution in [0.1, 0.15) is 35.7 Å². The van der Waals surface area contributed by atoms with Crippen molar-refractivity contribution in [1.29, 1.82) is 5.26 Å². The van der Waals surface area contributed by atoms with Crippen molar-refractivity contribution < 1.29 is 4.79 Å². The third-order valence-electron chi connectivity index (χ3n) is 3.94. The zero-order valence-corrected chi connectivity index (χ0v) is 14.8. The second-order valence-corrected chi connectivity index (χ2v) is 6.93. The first-order chi connectivity index (χ1) is 11.6. The minimum absolute atomic E-state index is 0.0855. The van der Waals surface area contributed by atoms with Crippen LogP contribution in [0.15, 0.2) is 59.5 Å². The zero-order chi connectivity index (χ0) is 17.4. The summed E-state index contributed by atoms with van der Waals surface area (Å²) >= 11 is 1.39. The summed E-state index contributed by atoms with van der Waals surface area (Å²) in [5.74, 6) is 0.950. The molecular weight excluding hydrogens is 316 g/mol. The van der Waals surface area contributed by atoms with Gasteiger partial charge in [-0.15, -0.1) is 11.8 Å². The van der Waals surface area contributed by atoms with E-state index < -0.39 is 0 Å². The number of nitrogens with one attached hydrogen (secondary N) is 1. The Kier molecular flexibility index (Phi) is 6.89. The van der Waals surface area contributed by atoms with Crippen LogP contribution in [-0.4, -0.2) is 18.2 Å². The Morgan fingerprint density at radius 2 is 1.79 bits per heavy atom. The van der Waals surface area contributed by atoms with E-state index in [1.165, 1.54) is 17.3 Å². The summed E-state index contributed by atoms with van der Waals surface area (Å²) in [4.78, 5) is 13.4. The molecule has 1 amide bonds. The normalized spacial score (nSPS) is 11.8. The van der Waals surface area contributed by atoms with Crippen LogP contribution in [0.4, 0.5) is 0 Å². The van der Waals surface area contributed by atoms with Gasteiger partial charge in [0.2, 0.25) is 0 Å². The summed E-state index contributed by atoms with van der Waals surface area (Å²) in [6.07, 6.45) is 0. The molecule has 2 rings (SSSR count). The molecule has 4 heteroatoms. The Balaban J connectivity index is 2.08. The van der Waals surface area contributed by atoms with E-state index in [1.807, 2.05) is 42.5 Å². The average molecular weight is 338 g/mol. The maximum atomic E-state index is 12.6. The van der Waals surface area contributed by atoms with Crippen molar-refractivity contribution in [3.05, 3.63) is 65.7 Å². The lowest BCUT2D eigenvalue weighted by molar-refractivity contribution is 0.0946. The largest absolute Gasteiger partial charge is 0.351 e. The summed E-state index contributed by atoms with van der Waals surface area (Å²) in [5, 5.41) is 11.8. The quantitative estimate of drug-likeness (QED) is 0.758. The van der Waals surface area contributed by atoms with Gasteiger partial charge in [0.15, 0.2) is 0 Å². The number of carbonyl (C=O) groups excluding carboxylic acids is 1. The number of amides is 1. The van der Waals surface area contributed by atoms with Gasteiger partial charge in [0.1, 0.15) is 0 Å². The van der Waals surface area contributed by atoms with E-state index in [-0.39, 0.29) is 11.8 Å². The van der Waals surface area contributed by atoms with Gasteiger partial charge >= 0.3 is 0 Å². The van der Waals surface area contributed by atoms with Crippen LogP contribution in [0.5, 0.6) is 0 Å².